The molecule has 0 amide bonds. The average molecular weight is 262 g/mol. The highest BCUT2D eigenvalue weighted by Gasteiger charge is 1.97. The second kappa shape index (κ2) is 5.78. The summed E-state index contributed by atoms with van der Waals surface area (Å²) in [6.07, 6.45) is 2.42. The van der Waals surface area contributed by atoms with Gasteiger partial charge in [0.05, 0.1) is 3.79 Å². The molecule has 3 heteroatoms. The molecule has 1 nitrogen and oxygen atoms in total. The normalized spacial score (nSPS) is 11.1. The predicted molar refractivity (Wildman–Crippen MR) is 63.5 cm³/mol. The number of aryl methyl sites for hydroxylation is 1. The van der Waals surface area contributed by atoms with Crippen LogP contribution in [0.5, 0.6) is 0 Å². The van der Waals surface area contributed by atoms with Crippen LogP contribution in [0, 0.1) is 0 Å². The molecule has 13 heavy (non-hydrogen) atoms. The summed E-state index contributed by atoms with van der Waals surface area (Å²) in [5, 5.41) is 3.42. The largest absolute Gasteiger partial charge is 0.315 e. The fourth-order valence-electron chi connectivity index (χ4n) is 1.14. The highest BCUT2D eigenvalue weighted by Crippen LogP contribution is 2.22. The minimum absolute atomic E-state index is 0.607. The van der Waals surface area contributed by atoms with Crippen LogP contribution < -0.4 is 5.32 Å². The monoisotopic (exact) mass is 261 g/mol. The Morgan fingerprint density at radius 3 is 2.77 bits per heavy atom. The van der Waals surface area contributed by atoms with Crippen molar-refractivity contribution in [2.75, 3.05) is 6.54 Å². The van der Waals surface area contributed by atoms with Gasteiger partial charge in [-0.15, -0.1) is 11.3 Å². The molecule has 74 valence electrons. The van der Waals surface area contributed by atoms with E-state index in [2.05, 4.69) is 47.2 Å². The molecular weight excluding hydrogens is 246 g/mol. The Morgan fingerprint density at radius 1 is 1.46 bits per heavy atom. The summed E-state index contributed by atoms with van der Waals surface area (Å²) < 4.78 is 1.24. The van der Waals surface area contributed by atoms with Crippen LogP contribution >= 0.6 is 27.3 Å². The van der Waals surface area contributed by atoms with Gasteiger partial charge >= 0.3 is 0 Å². The molecule has 0 bridgehead atoms. The molecule has 0 aliphatic rings. The zero-order valence-electron chi connectivity index (χ0n) is 8.14. The van der Waals surface area contributed by atoms with Gasteiger partial charge in [0.15, 0.2) is 0 Å². The van der Waals surface area contributed by atoms with Crippen LogP contribution in [0.15, 0.2) is 15.9 Å². The first-order chi connectivity index (χ1) is 6.18. The smallest absolute Gasteiger partial charge is 0.0701 e. The first-order valence-electron chi connectivity index (χ1n) is 4.66. The first-order valence-corrected chi connectivity index (χ1v) is 6.27. The van der Waals surface area contributed by atoms with Crippen molar-refractivity contribution in [3.05, 3.63) is 20.8 Å². The van der Waals surface area contributed by atoms with E-state index in [4.69, 9.17) is 0 Å². The summed E-state index contributed by atoms with van der Waals surface area (Å²) in [4.78, 5) is 1.47. The van der Waals surface area contributed by atoms with E-state index < -0.39 is 0 Å². The summed E-state index contributed by atoms with van der Waals surface area (Å²) in [5.74, 6) is 0. The molecule has 0 saturated heterocycles. The maximum Gasteiger partial charge on any atom is 0.0701 e. The van der Waals surface area contributed by atoms with Crippen LogP contribution in [0.1, 0.15) is 25.1 Å². The van der Waals surface area contributed by atoms with Gasteiger partial charge in [0.25, 0.3) is 0 Å². The molecule has 0 saturated carbocycles. The zero-order chi connectivity index (χ0) is 9.68. The standard InChI is InChI=1S/C10H16BrNS/c1-8(2)12-7-3-4-9-5-6-10(11)13-9/h5-6,8,12H,3-4,7H2,1-2H3. The quantitative estimate of drug-likeness (QED) is 0.801. The fourth-order valence-corrected chi connectivity index (χ4v) is 2.66. The van der Waals surface area contributed by atoms with Gasteiger partial charge in [-0.2, -0.15) is 0 Å². The van der Waals surface area contributed by atoms with Crippen molar-refractivity contribution < 1.29 is 0 Å². The van der Waals surface area contributed by atoms with E-state index in [0.29, 0.717) is 6.04 Å². The van der Waals surface area contributed by atoms with Crippen molar-refractivity contribution in [2.45, 2.75) is 32.7 Å². The molecule has 1 aromatic rings. The molecule has 0 radical (unpaired) electrons. The molecule has 0 atom stereocenters. The van der Waals surface area contributed by atoms with E-state index in [-0.39, 0.29) is 0 Å². The van der Waals surface area contributed by atoms with Crippen LogP contribution in [0.2, 0.25) is 0 Å². The molecule has 0 fully saturated rings. The lowest BCUT2D eigenvalue weighted by Gasteiger charge is -2.06. The molecular formula is C10H16BrNS. The van der Waals surface area contributed by atoms with Crippen LogP contribution in [0.3, 0.4) is 0 Å². The molecule has 0 aromatic carbocycles. The Morgan fingerprint density at radius 2 is 2.23 bits per heavy atom. The van der Waals surface area contributed by atoms with Crippen molar-refractivity contribution in [1.29, 1.82) is 0 Å². The number of hydrogen-bond donors (Lipinski definition) is 1. The van der Waals surface area contributed by atoms with Crippen molar-refractivity contribution >= 4 is 27.3 Å². The maximum atomic E-state index is 3.47. The molecule has 1 rings (SSSR count). The van der Waals surface area contributed by atoms with E-state index >= 15 is 0 Å². The second-order valence-electron chi connectivity index (χ2n) is 3.42. The topological polar surface area (TPSA) is 12.0 Å². The first kappa shape index (κ1) is 11.2. The Kier molecular flexibility index (Phi) is 4.99. The van der Waals surface area contributed by atoms with Gasteiger partial charge in [0, 0.05) is 10.9 Å². The number of rotatable bonds is 5. The fraction of sp³-hybridized carbons (Fsp3) is 0.600. The van der Waals surface area contributed by atoms with Gasteiger partial charge in [-0.25, -0.2) is 0 Å². The molecule has 0 unspecified atom stereocenters. The van der Waals surface area contributed by atoms with Gasteiger partial charge in [-0.1, -0.05) is 13.8 Å². The maximum absolute atomic E-state index is 3.47. The molecule has 0 aliphatic carbocycles. The van der Waals surface area contributed by atoms with Gasteiger partial charge in [-0.3, -0.25) is 0 Å². The minimum atomic E-state index is 0.607. The van der Waals surface area contributed by atoms with E-state index in [1.165, 1.54) is 21.5 Å². The van der Waals surface area contributed by atoms with Gasteiger partial charge in [-0.05, 0) is 47.4 Å². The number of halogens is 1. The third-order valence-corrected chi connectivity index (χ3v) is 3.46. The minimum Gasteiger partial charge on any atom is -0.315 e. The summed E-state index contributed by atoms with van der Waals surface area (Å²) in [5.41, 5.74) is 0. The molecule has 1 heterocycles. The number of nitrogens with one attached hydrogen (secondary N) is 1. The summed E-state index contributed by atoms with van der Waals surface area (Å²) in [6.45, 7) is 5.48. The van der Waals surface area contributed by atoms with Crippen LogP contribution in [-0.4, -0.2) is 12.6 Å². The third kappa shape index (κ3) is 4.79. The number of hydrogen-bond acceptors (Lipinski definition) is 2. The van der Waals surface area contributed by atoms with Crippen molar-refractivity contribution in [3.8, 4) is 0 Å². The van der Waals surface area contributed by atoms with Crippen LogP contribution in [0.25, 0.3) is 0 Å². The molecule has 1 aromatic heterocycles. The Labute approximate surface area is 92.7 Å². The van der Waals surface area contributed by atoms with E-state index in [0.717, 1.165) is 6.54 Å². The molecule has 1 N–H and O–H groups in total. The Hall–Kier alpha value is 0.140. The van der Waals surface area contributed by atoms with Crippen molar-refractivity contribution in [2.24, 2.45) is 0 Å². The van der Waals surface area contributed by atoms with Gasteiger partial charge in [0.1, 0.15) is 0 Å². The van der Waals surface area contributed by atoms with Crippen LogP contribution in [0.4, 0.5) is 0 Å². The Bertz CT molecular complexity index is 245. The lowest BCUT2D eigenvalue weighted by molar-refractivity contribution is 0.571. The molecule has 0 aliphatic heterocycles. The van der Waals surface area contributed by atoms with Crippen molar-refractivity contribution in [3.63, 3.8) is 0 Å². The average Bonchev–Trinajstić information content (AvgIpc) is 2.45. The second-order valence-corrected chi connectivity index (χ2v) is 5.97. The molecule has 0 spiro atoms. The summed E-state index contributed by atoms with van der Waals surface area (Å²) >= 11 is 5.30. The van der Waals surface area contributed by atoms with Gasteiger partial charge < -0.3 is 5.32 Å². The zero-order valence-corrected chi connectivity index (χ0v) is 10.5. The number of thiophene rings is 1. The lowest BCUT2D eigenvalue weighted by atomic mass is 10.2. The highest BCUT2D eigenvalue weighted by molar-refractivity contribution is 9.11. The van der Waals surface area contributed by atoms with E-state index in [1.54, 1.807) is 0 Å². The predicted octanol–water partition coefficient (Wildman–Crippen LogP) is 3.44. The van der Waals surface area contributed by atoms with E-state index in [1.807, 2.05) is 11.3 Å². The Balaban J connectivity index is 2.13. The van der Waals surface area contributed by atoms with Crippen molar-refractivity contribution in [1.82, 2.24) is 5.32 Å². The third-order valence-electron chi connectivity index (χ3n) is 1.78. The summed E-state index contributed by atoms with van der Waals surface area (Å²) in [6, 6.07) is 4.93. The SMILES string of the molecule is CC(C)NCCCc1ccc(Br)s1. The lowest BCUT2D eigenvalue weighted by Crippen LogP contribution is -2.23. The highest BCUT2D eigenvalue weighted by atomic mass is 79.9. The summed E-state index contributed by atoms with van der Waals surface area (Å²) in [7, 11) is 0. The van der Waals surface area contributed by atoms with E-state index in [9.17, 15) is 0 Å². The van der Waals surface area contributed by atoms with Gasteiger partial charge in [0.2, 0.25) is 0 Å². The van der Waals surface area contributed by atoms with Crippen LogP contribution in [-0.2, 0) is 6.42 Å².